The molecule has 9 nitrogen and oxygen atoms in total. The van der Waals surface area contributed by atoms with Crippen molar-refractivity contribution in [3.63, 3.8) is 0 Å². The number of ether oxygens (including phenoxy) is 3. The highest BCUT2D eigenvalue weighted by Crippen LogP contribution is 2.40. The summed E-state index contributed by atoms with van der Waals surface area (Å²) in [6.45, 7) is 5.03. The molecule has 0 atom stereocenters. The van der Waals surface area contributed by atoms with Crippen molar-refractivity contribution in [1.29, 1.82) is 5.26 Å². The molecule has 0 bridgehead atoms. The van der Waals surface area contributed by atoms with Gasteiger partial charge >= 0.3 is 12.1 Å². The lowest BCUT2D eigenvalue weighted by atomic mass is 10.0. The number of nitrogens with zero attached hydrogens (tertiary/aromatic N) is 3. The van der Waals surface area contributed by atoms with Crippen molar-refractivity contribution in [2.24, 2.45) is 0 Å². The minimum atomic E-state index is -4.84. The van der Waals surface area contributed by atoms with Crippen LogP contribution in [0.1, 0.15) is 37.5 Å². The summed E-state index contributed by atoms with van der Waals surface area (Å²) in [5.74, 6) is -1.42. The Morgan fingerprint density at radius 3 is 2.45 bits per heavy atom. The summed E-state index contributed by atoms with van der Waals surface area (Å²) in [6.07, 6.45) is -3.31. The van der Waals surface area contributed by atoms with Crippen LogP contribution in [0.3, 0.4) is 0 Å². The number of alkyl halides is 3. The molecule has 0 spiro atoms. The highest BCUT2D eigenvalue weighted by molar-refractivity contribution is 7.81. The molecule has 1 saturated heterocycles. The molecule has 0 saturated carbocycles. The Hall–Kier alpha value is -5.16. The first-order chi connectivity index (χ1) is 22.3. The lowest BCUT2D eigenvalue weighted by molar-refractivity contribution is -0.142. The quantitative estimate of drug-likeness (QED) is 0.0769. The summed E-state index contributed by atoms with van der Waals surface area (Å²) in [7, 11) is 0. The average Bonchev–Trinajstić information content (AvgIpc) is 3.48. The van der Waals surface area contributed by atoms with E-state index in [-0.39, 0.29) is 54.4 Å². The van der Waals surface area contributed by atoms with Crippen molar-refractivity contribution >= 4 is 51.6 Å². The number of hydrogen-bond donors (Lipinski definition) is 0. The van der Waals surface area contributed by atoms with Crippen LogP contribution < -0.4 is 19.3 Å². The zero-order valence-electron chi connectivity index (χ0n) is 25.3. The van der Waals surface area contributed by atoms with E-state index in [1.54, 1.807) is 25.1 Å². The van der Waals surface area contributed by atoms with Crippen molar-refractivity contribution in [3.05, 3.63) is 83.4 Å². The predicted molar refractivity (Wildman–Crippen MR) is 167 cm³/mol. The maximum absolute atomic E-state index is 15.2. The zero-order chi connectivity index (χ0) is 34.1. The minimum Gasteiger partial charge on any atom is -0.490 e. The van der Waals surface area contributed by atoms with Crippen LogP contribution in [0.15, 0.2) is 65.3 Å². The second-order valence-electron chi connectivity index (χ2n) is 10.9. The van der Waals surface area contributed by atoms with E-state index >= 15 is 4.39 Å². The lowest BCUT2D eigenvalue weighted by Crippen LogP contribution is -2.44. The molecule has 14 heteroatoms. The molecule has 3 aromatic carbocycles. The number of furan rings is 1. The number of carbonyl (C=O) groups is 2. The van der Waals surface area contributed by atoms with Gasteiger partial charge in [0.25, 0.3) is 5.91 Å². The normalized spacial score (nSPS) is 14.4. The Balaban J connectivity index is 1.26. The molecule has 1 aliphatic rings. The van der Waals surface area contributed by atoms with Gasteiger partial charge in [0.2, 0.25) is 0 Å². The van der Waals surface area contributed by atoms with E-state index in [1.165, 1.54) is 49.3 Å². The van der Waals surface area contributed by atoms with E-state index < -0.39 is 34.6 Å². The molecule has 1 aromatic heterocycles. The second-order valence-corrected chi connectivity index (χ2v) is 11.2. The van der Waals surface area contributed by atoms with Crippen molar-refractivity contribution in [2.75, 3.05) is 29.6 Å². The first-order valence-electron chi connectivity index (χ1n) is 14.3. The summed E-state index contributed by atoms with van der Waals surface area (Å²) in [5, 5.41) is 9.65. The number of benzene rings is 3. The molecule has 244 valence electrons. The fraction of sp³-hybridized carbons (Fsp3) is 0.273. The first-order valence-corrected chi connectivity index (χ1v) is 14.7. The van der Waals surface area contributed by atoms with E-state index in [9.17, 15) is 22.8 Å². The van der Waals surface area contributed by atoms with Crippen LogP contribution in [0.4, 0.5) is 28.9 Å². The van der Waals surface area contributed by atoms with Crippen LogP contribution in [0, 0.1) is 17.1 Å². The first kappa shape index (κ1) is 33.2. The van der Waals surface area contributed by atoms with Crippen molar-refractivity contribution in [2.45, 2.75) is 38.9 Å². The summed E-state index contributed by atoms with van der Waals surface area (Å²) in [5.41, 5.74) is -1.98. The Morgan fingerprint density at radius 2 is 1.77 bits per heavy atom. The predicted octanol–water partition coefficient (Wildman–Crippen LogP) is 6.94. The molecule has 0 unspecified atom stereocenters. The van der Waals surface area contributed by atoms with E-state index in [0.717, 1.165) is 17.0 Å². The third kappa shape index (κ3) is 6.57. The SMILES string of the molecule is CCOC(=O)Cc1coc2ccc(OCCOc3ccc(N4C(=S)N(c5ccc(C#N)c(C(F)(F)F)c5)C(=O)C4(C)C)cc3F)cc12. The van der Waals surface area contributed by atoms with Gasteiger partial charge in [-0.15, -0.1) is 0 Å². The highest BCUT2D eigenvalue weighted by Gasteiger charge is 2.51. The number of esters is 1. The molecular formula is C33H27F4N3O6S. The van der Waals surface area contributed by atoms with Crippen molar-refractivity contribution < 1.29 is 45.8 Å². The number of hydrogen-bond acceptors (Lipinski definition) is 8. The number of amides is 1. The van der Waals surface area contributed by atoms with E-state index in [4.69, 9.17) is 36.1 Å². The van der Waals surface area contributed by atoms with Crippen molar-refractivity contribution in [1.82, 2.24) is 0 Å². The van der Waals surface area contributed by atoms with Gasteiger partial charge in [-0.1, -0.05) is 0 Å². The van der Waals surface area contributed by atoms with Gasteiger partial charge < -0.3 is 23.5 Å². The fourth-order valence-corrected chi connectivity index (χ4v) is 5.69. The molecule has 0 radical (unpaired) electrons. The smallest absolute Gasteiger partial charge is 0.417 e. The van der Waals surface area contributed by atoms with Crippen LogP contribution in [-0.4, -0.2) is 42.3 Å². The third-order valence-corrected chi connectivity index (χ3v) is 7.77. The number of nitriles is 1. The topological polar surface area (TPSA) is 105 Å². The van der Waals surface area contributed by atoms with Gasteiger partial charge in [-0.05, 0) is 81.5 Å². The number of rotatable bonds is 10. The maximum Gasteiger partial charge on any atom is 0.417 e. The van der Waals surface area contributed by atoms with Crippen LogP contribution in [-0.2, 0) is 26.9 Å². The monoisotopic (exact) mass is 669 g/mol. The number of fused-ring (bicyclic) bond motifs is 1. The molecule has 2 heterocycles. The summed E-state index contributed by atoms with van der Waals surface area (Å²) in [4.78, 5) is 27.6. The number of thiocarbonyl (C=S) groups is 1. The zero-order valence-corrected chi connectivity index (χ0v) is 26.1. The minimum absolute atomic E-state index is 0.0323. The molecule has 5 rings (SSSR count). The summed E-state index contributed by atoms with van der Waals surface area (Å²) in [6, 6.07) is 13.4. The van der Waals surface area contributed by atoms with E-state index in [2.05, 4.69) is 0 Å². The summed E-state index contributed by atoms with van der Waals surface area (Å²) >= 11 is 5.51. The highest BCUT2D eigenvalue weighted by atomic mass is 32.1. The largest absolute Gasteiger partial charge is 0.490 e. The van der Waals surface area contributed by atoms with E-state index in [0.29, 0.717) is 28.3 Å². The Kier molecular flexibility index (Phi) is 9.13. The Bertz CT molecular complexity index is 1920. The van der Waals surface area contributed by atoms with E-state index in [1.807, 2.05) is 0 Å². The maximum atomic E-state index is 15.2. The van der Waals surface area contributed by atoms with Crippen molar-refractivity contribution in [3.8, 4) is 17.6 Å². The van der Waals surface area contributed by atoms with Gasteiger partial charge in [-0.25, -0.2) is 4.39 Å². The summed E-state index contributed by atoms with van der Waals surface area (Å²) < 4.78 is 77.9. The Morgan fingerprint density at radius 1 is 1.04 bits per heavy atom. The standard InChI is InChI=1S/C33H27F4N3O6S/c1-4-43-29(41)13-20-18-46-27-10-8-23(16-24(20)27)44-11-12-45-28-9-7-22(15-26(28)34)40-31(47)39(30(42)32(40,2)3)21-6-5-19(17-38)25(14-21)33(35,36)37/h5-10,14-16,18H,4,11-13H2,1-3H3. The van der Waals surface area contributed by atoms with Crippen LogP contribution in [0.5, 0.6) is 11.5 Å². The molecular weight excluding hydrogens is 642 g/mol. The molecule has 1 amide bonds. The third-order valence-electron chi connectivity index (χ3n) is 7.40. The fourth-order valence-electron chi connectivity index (χ4n) is 5.17. The molecule has 1 aliphatic heterocycles. The molecule has 0 N–H and O–H groups in total. The molecule has 4 aromatic rings. The van der Waals surface area contributed by atoms with Crippen LogP contribution in [0.2, 0.25) is 0 Å². The molecule has 0 aliphatic carbocycles. The number of anilines is 2. The lowest BCUT2D eigenvalue weighted by Gasteiger charge is -2.29. The van der Waals surface area contributed by atoms with Gasteiger partial charge in [0.15, 0.2) is 16.7 Å². The average molecular weight is 670 g/mol. The van der Waals surface area contributed by atoms with Gasteiger partial charge in [-0.3, -0.25) is 14.5 Å². The number of halogens is 4. The van der Waals surface area contributed by atoms with Gasteiger partial charge in [0.1, 0.15) is 30.1 Å². The number of carbonyl (C=O) groups excluding carboxylic acids is 2. The second kappa shape index (κ2) is 12.9. The molecule has 47 heavy (non-hydrogen) atoms. The van der Waals surface area contributed by atoms with Gasteiger partial charge in [-0.2, -0.15) is 18.4 Å². The van der Waals surface area contributed by atoms with Gasteiger partial charge in [0, 0.05) is 22.7 Å². The van der Waals surface area contributed by atoms with Gasteiger partial charge in [0.05, 0.1) is 42.2 Å². The molecule has 1 fully saturated rings. The van der Waals surface area contributed by atoms with Crippen LogP contribution >= 0.6 is 12.2 Å². The Labute approximate surface area is 271 Å². The van der Waals surface area contributed by atoms with Crippen LogP contribution in [0.25, 0.3) is 11.0 Å².